The minimum Gasteiger partial charge on any atom is -0.293 e. The number of para-hydroxylation sites is 1. The first-order chi connectivity index (χ1) is 9.70. The monoisotopic (exact) mass is 348 g/mol. The molecule has 3 aromatic rings. The van der Waals surface area contributed by atoms with Gasteiger partial charge in [0.05, 0.1) is 22.5 Å². The van der Waals surface area contributed by atoms with Crippen LogP contribution in [-0.2, 0) is 13.0 Å². The van der Waals surface area contributed by atoms with Gasteiger partial charge in [-0.05, 0) is 40.4 Å². The summed E-state index contributed by atoms with van der Waals surface area (Å²) in [5.74, 6) is 0.110. The highest BCUT2D eigenvalue weighted by molar-refractivity contribution is 9.10. The maximum atomic E-state index is 12.4. The van der Waals surface area contributed by atoms with E-state index in [9.17, 15) is 4.79 Å². The quantitative estimate of drug-likeness (QED) is 0.658. The number of carbonyl (C=O) groups is 1. The molecule has 0 amide bonds. The number of halogens is 1. The Morgan fingerprint density at radius 2 is 2.15 bits per heavy atom. The van der Waals surface area contributed by atoms with Crippen LogP contribution in [0.15, 0.2) is 40.2 Å². The lowest BCUT2D eigenvalue weighted by Crippen LogP contribution is -2.04. The van der Waals surface area contributed by atoms with Crippen LogP contribution in [-0.4, -0.2) is 15.6 Å². The first-order valence-electron chi connectivity index (χ1n) is 6.41. The number of aromatic nitrogens is 2. The molecule has 0 atom stereocenters. The zero-order valence-corrected chi connectivity index (χ0v) is 13.4. The molecule has 0 aliphatic heterocycles. The van der Waals surface area contributed by atoms with Gasteiger partial charge >= 0.3 is 0 Å². The Labute approximate surface area is 129 Å². The average molecular weight is 349 g/mol. The van der Waals surface area contributed by atoms with E-state index in [2.05, 4.69) is 28.0 Å². The molecule has 20 heavy (non-hydrogen) atoms. The molecular weight excluding hydrogens is 336 g/mol. The third-order valence-corrected chi connectivity index (χ3v) is 5.11. The molecule has 3 nitrogen and oxygen atoms in total. The Bertz CT molecular complexity index is 775. The van der Waals surface area contributed by atoms with Crippen molar-refractivity contribution >= 4 is 44.0 Å². The minimum absolute atomic E-state index is 0.110. The van der Waals surface area contributed by atoms with Crippen molar-refractivity contribution in [1.82, 2.24) is 9.78 Å². The molecule has 0 aliphatic carbocycles. The molecule has 102 valence electrons. The summed E-state index contributed by atoms with van der Waals surface area (Å²) in [6.45, 7) is 2.86. The largest absolute Gasteiger partial charge is 0.293 e. The van der Waals surface area contributed by atoms with Crippen molar-refractivity contribution in [3.8, 4) is 0 Å². The number of hydrogen-bond acceptors (Lipinski definition) is 3. The van der Waals surface area contributed by atoms with Crippen molar-refractivity contribution in [2.75, 3.05) is 0 Å². The molecule has 1 aromatic carbocycles. The standard InChI is InChI=1S/C15H13BrN2OS/c1-2-18-13-6-4-3-5-10(13)12(17-18)9-14(19)15-11(16)7-8-20-15/h3-8H,2,9H2,1H3. The second kappa shape index (κ2) is 5.50. The molecule has 3 rings (SSSR count). The summed E-state index contributed by atoms with van der Waals surface area (Å²) in [6.07, 6.45) is 0.340. The minimum atomic E-state index is 0.110. The molecule has 0 spiro atoms. The van der Waals surface area contributed by atoms with Gasteiger partial charge in [0.15, 0.2) is 5.78 Å². The second-order valence-corrected chi connectivity index (χ2v) is 6.25. The van der Waals surface area contributed by atoms with E-state index >= 15 is 0 Å². The van der Waals surface area contributed by atoms with Gasteiger partial charge in [-0.2, -0.15) is 5.10 Å². The number of thiophene rings is 1. The zero-order chi connectivity index (χ0) is 14.1. The van der Waals surface area contributed by atoms with Crippen LogP contribution in [0.1, 0.15) is 22.3 Å². The lowest BCUT2D eigenvalue weighted by Gasteiger charge is -1.97. The average Bonchev–Trinajstić information content (AvgIpc) is 3.03. The number of Topliss-reactive ketones (excluding diaryl/α,β-unsaturated/α-hetero) is 1. The van der Waals surface area contributed by atoms with Gasteiger partial charge in [-0.25, -0.2) is 0 Å². The molecule has 0 saturated heterocycles. The predicted molar refractivity (Wildman–Crippen MR) is 85.5 cm³/mol. The zero-order valence-electron chi connectivity index (χ0n) is 11.0. The summed E-state index contributed by atoms with van der Waals surface area (Å²) in [5.41, 5.74) is 1.94. The van der Waals surface area contributed by atoms with Gasteiger partial charge in [-0.15, -0.1) is 11.3 Å². The lowest BCUT2D eigenvalue weighted by atomic mass is 10.1. The normalized spacial score (nSPS) is 11.1. The van der Waals surface area contributed by atoms with Crippen molar-refractivity contribution < 1.29 is 4.79 Å². The third-order valence-electron chi connectivity index (χ3n) is 3.23. The van der Waals surface area contributed by atoms with Crippen molar-refractivity contribution in [3.63, 3.8) is 0 Å². The van der Waals surface area contributed by atoms with Crippen LogP contribution in [0, 0.1) is 0 Å². The van der Waals surface area contributed by atoms with Gasteiger partial charge in [-0.1, -0.05) is 18.2 Å². The predicted octanol–water partition coefficient (Wildman–Crippen LogP) is 4.31. The van der Waals surface area contributed by atoms with Gasteiger partial charge in [0.1, 0.15) is 0 Å². The fourth-order valence-corrected chi connectivity index (χ4v) is 3.83. The summed E-state index contributed by atoms with van der Waals surface area (Å²) in [4.78, 5) is 13.1. The third kappa shape index (κ3) is 2.31. The summed E-state index contributed by atoms with van der Waals surface area (Å²) in [6, 6.07) is 9.96. The molecule has 2 aromatic heterocycles. The Morgan fingerprint density at radius 1 is 1.35 bits per heavy atom. The van der Waals surface area contributed by atoms with E-state index in [1.54, 1.807) is 0 Å². The molecule has 5 heteroatoms. The smallest absolute Gasteiger partial charge is 0.179 e. The van der Waals surface area contributed by atoms with Crippen LogP contribution >= 0.6 is 27.3 Å². The first kappa shape index (κ1) is 13.5. The van der Waals surface area contributed by atoms with Gasteiger partial charge in [0.25, 0.3) is 0 Å². The highest BCUT2D eigenvalue weighted by Gasteiger charge is 2.17. The molecule has 0 aliphatic rings. The Morgan fingerprint density at radius 3 is 2.85 bits per heavy atom. The summed E-state index contributed by atoms with van der Waals surface area (Å²) in [5, 5.41) is 7.55. The number of aryl methyl sites for hydroxylation is 1. The van der Waals surface area contributed by atoms with E-state index in [1.807, 2.05) is 40.4 Å². The summed E-state index contributed by atoms with van der Waals surface area (Å²) >= 11 is 4.88. The lowest BCUT2D eigenvalue weighted by molar-refractivity contribution is 0.0995. The fourth-order valence-electron chi connectivity index (χ4n) is 2.29. The molecule has 2 heterocycles. The highest BCUT2D eigenvalue weighted by atomic mass is 79.9. The Hall–Kier alpha value is -1.46. The number of rotatable bonds is 4. The number of benzene rings is 1. The van der Waals surface area contributed by atoms with Gasteiger partial charge in [0.2, 0.25) is 0 Å². The van der Waals surface area contributed by atoms with Crippen LogP contribution in [0.5, 0.6) is 0 Å². The van der Waals surface area contributed by atoms with Gasteiger partial charge in [-0.3, -0.25) is 9.48 Å². The van der Waals surface area contributed by atoms with Crippen LogP contribution in [0.2, 0.25) is 0 Å². The van der Waals surface area contributed by atoms with Crippen LogP contribution in [0.4, 0.5) is 0 Å². The van der Waals surface area contributed by atoms with E-state index in [4.69, 9.17) is 0 Å². The molecule has 0 N–H and O–H groups in total. The summed E-state index contributed by atoms with van der Waals surface area (Å²) in [7, 11) is 0. The molecule has 0 bridgehead atoms. The van der Waals surface area contributed by atoms with Crippen LogP contribution < -0.4 is 0 Å². The fraction of sp³-hybridized carbons (Fsp3) is 0.200. The first-order valence-corrected chi connectivity index (χ1v) is 8.08. The van der Waals surface area contributed by atoms with Crippen molar-refractivity contribution in [2.45, 2.75) is 19.9 Å². The number of ketones is 1. The molecule has 0 radical (unpaired) electrons. The van der Waals surface area contributed by atoms with Gasteiger partial charge in [0, 0.05) is 16.4 Å². The van der Waals surface area contributed by atoms with Crippen molar-refractivity contribution in [1.29, 1.82) is 0 Å². The number of carbonyl (C=O) groups excluding carboxylic acids is 1. The Balaban J connectivity index is 1.99. The summed E-state index contributed by atoms with van der Waals surface area (Å²) < 4.78 is 2.81. The van der Waals surface area contributed by atoms with E-state index in [-0.39, 0.29) is 5.78 Å². The van der Waals surface area contributed by atoms with E-state index in [0.717, 1.165) is 32.5 Å². The Kier molecular flexibility index (Phi) is 3.72. The molecule has 0 fully saturated rings. The number of fused-ring (bicyclic) bond motifs is 1. The van der Waals surface area contributed by atoms with Crippen molar-refractivity contribution in [3.05, 3.63) is 50.8 Å². The van der Waals surface area contributed by atoms with Crippen molar-refractivity contribution in [2.24, 2.45) is 0 Å². The maximum absolute atomic E-state index is 12.4. The molecule has 0 unspecified atom stereocenters. The maximum Gasteiger partial charge on any atom is 0.179 e. The van der Waals surface area contributed by atoms with Crippen LogP contribution in [0.3, 0.4) is 0 Å². The molecular formula is C15H13BrN2OS. The highest BCUT2D eigenvalue weighted by Crippen LogP contribution is 2.26. The second-order valence-electron chi connectivity index (χ2n) is 4.48. The van der Waals surface area contributed by atoms with E-state index in [1.165, 1.54) is 11.3 Å². The van der Waals surface area contributed by atoms with E-state index in [0.29, 0.717) is 6.42 Å². The topological polar surface area (TPSA) is 34.9 Å². The van der Waals surface area contributed by atoms with Gasteiger partial charge < -0.3 is 0 Å². The van der Waals surface area contributed by atoms with Crippen LogP contribution in [0.25, 0.3) is 10.9 Å². The van der Waals surface area contributed by atoms with E-state index < -0.39 is 0 Å². The SMILES string of the molecule is CCn1nc(CC(=O)c2sccc2Br)c2ccccc21. The number of nitrogens with zero attached hydrogens (tertiary/aromatic N) is 2. The number of hydrogen-bond donors (Lipinski definition) is 0. The molecule has 0 saturated carbocycles.